The smallest absolute Gasteiger partial charge is 0.256 e. The molecule has 1 amide bonds. The highest BCUT2D eigenvalue weighted by atomic mass is 16.2. The summed E-state index contributed by atoms with van der Waals surface area (Å²) in [6.07, 6.45) is 0.717. The first kappa shape index (κ1) is 11.0. The molecule has 2 aromatic rings. The van der Waals surface area contributed by atoms with Crippen LogP contribution in [0.3, 0.4) is 0 Å². The minimum absolute atomic E-state index is 0.0411. The van der Waals surface area contributed by atoms with Gasteiger partial charge in [0.2, 0.25) is 5.91 Å². The molecule has 0 spiro atoms. The van der Waals surface area contributed by atoms with Gasteiger partial charge in [0.25, 0.3) is 5.56 Å². The maximum atomic E-state index is 11.9. The second-order valence-electron chi connectivity index (χ2n) is 4.65. The van der Waals surface area contributed by atoms with Gasteiger partial charge in [0, 0.05) is 37.5 Å². The van der Waals surface area contributed by atoms with Crippen LogP contribution in [0.25, 0.3) is 10.8 Å². The molecule has 0 saturated carbocycles. The molecule has 0 bridgehead atoms. The predicted octanol–water partition coefficient (Wildman–Crippen LogP) is 1.43. The van der Waals surface area contributed by atoms with Crippen LogP contribution >= 0.6 is 0 Å². The third-order valence-corrected chi connectivity index (χ3v) is 3.55. The zero-order valence-electron chi connectivity index (χ0n) is 10.2. The van der Waals surface area contributed by atoms with Crippen molar-refractivity contribution in [3.8, 4) is 0 Å². The quantitative estimate of drug-likeness (QED) is 0.760. The number of fused-ring (bicyclic) bond motifs is 3. The Labute approximate surface area is 104 Å². The zero-order valence-corrected chi connectivity index (χ0v) is 10.2. The van der Waals surface area contributed by atoms with Crippen molar-refractivity contribution in [2.24, 2.45) is 0 Å². The van der Waals surface area contributed by atoms with Crippen LogP contribution in [0.4, 0.5) is 0 Å². The molecule has 0 atom stereocenters. The van der Waals surface area contributed by atoms with Crippen LogP contribution in [0, 0.1) is 0 Å². The Hall–Kier alpha value is -2.10. The molecule has 1 aromatic heterocycles. The van der Waals surface area contributed by atoms with Crippen molar-refractivity contribution in [3.05, 3.63) is 45.9 Å². The summed E-state index contributed by atoms with van der Waals surface area (Å²) in [6, 6.07) is 7.55. The molecule has 4 heteroatoms. The fourth-order valence-electron chi connectivity index (χ4n) is 2.57. The van der Waals surface area contributed by atoms with Gasteiger partial charge in [-0.3, -0.25) is 9.59 Å². The molecule has 0 unspecified atom stereocenters. The van der Waals surface area contributed by atoms with Crippen molar-refractivity contribution in [2.45, 2.75) is 19.9 Å². The van der Waals surface area contributed by atoms with E-state index in [1.165, 1.54) is 0 Å². The number of benzene rings is 1. The van der Waals surface area contributed by atoms with Crippen molar-refractivity contribution < 1.29 is 4.79 Å². The summed E-state index contributed by atoms with van der Waals surface area (Å²) >= 11 is 0. The van der Waals surface area contributed by atoms with Crippen molar-refractivity contribution in [2.75, 3.05) is 6.54 Å². The van der Waals surface area contributed by atoms with Crippen LogP contribution in [-0.2, 0) is 17.8 Å². The number of aromatic nitrogens is 1. The maximum Gasteiger partial charge on any atom is 0.256 e. The molecule has 0 radical (unpaired) electrons. The molecule has 1 aliphatic heterocycles. The van der Waals surface area contributed by atoms with E-state index in [4.69, 9.17) is 0 Å². The van der Waals surface area contributed by atoms with Crippen LogP contribution in [0.1, 0.15) is 18.2 Å². The van der Waals surface area contributed by atoms with Crippen LogP contribution in [0.15, 0.2) is 29.1 Å². The van der Waals surface area contributed by atoms with Gasteiger partial charge in [-0.1, -0.05) is 18.2 Å². The van der Waals surface area contributed by atoms with Crippen molar-refractivity contribution >= 4 is 16.7 Å². The maximum absolute atomic E-state index is 11.9. The van der Waals surface area contributed by atoms with Gasteiger partial charge in [0.15, 0.2) is 0 Å². The van der Waals surface area contributed by atoms with E-state index >= 15 is 0 Å². The minimum Gasteiger partial charge on any atom is -0.338 e. The zero-order chi connectivity index (χ0) is 12.7. The summed E-state index contributed by atoms with van der Waals surface area (Å²) in [5, 5.41) is 1.66. The highest BCUT2D eigenvalue weighted by molar-refractivity contribution is 5.86. The fourth-order valence-corrected chi connectivity index (χ4v) is 2.57. The lowest BCUT2D eigenvalue weighted by atomic mass is 9.99. The number of hydrogen-bond donors (Lipinski definition) is 1. The highest BCUT2D eigenvalue weighted by Gasteiger charge is 2.21. The van der Waals surface area contributed by atoms with Gasteiger partial charge in [-0.25, -0.2) is 0 Å². The third kappa shape index (κ3) is 1.61. The molecule has 1 aromatic carbocycles. The van der Waals surface area contributed by atoms with Gasteiger partial charge in [-0.05, 0) is 17.0 Å². The molecule has 18 heavy (non-hydrogen) atoms. The summed E-state index contributed by atoms with van der Waals surface area (Å²) < 4.78 is 0. The topological polar surface area (TPSA) is 53.2 Å². The van der Waals surface area contributed by atoms with E-state index < -0.39 is 0 Å². The number of carbonyl (C=O) groups is 1. The number of aromatic amines is 1. The van der Waals surface area contributed by atoms with E-state index in [9.17, 15) is 9.59 Å². The Morgan fingerprint density at radius 2 is 2.00 bits per heavy atom. The summed E-state index contributed by atoms with van der Waals surface area (Å²) in [6.45, 7) is 2.84. The van der Waals surface area contributed by atoms with Crippen LogP contribution in [0.2, 0.25) is 0 Å². The van der Waals surface area contributed by atoms with Gasteiger partial charge in [-0.15, -0.1) is 0 Å². The first-order valence-corrected chi connectivity index (χ1v) is 6.05. The Morgan fingerprint density at radius 3 is 2.72 bits per heavy atom. The first-order valence-electron chi connectivity index (χ1n) is 6.05. The van der Waals surface area contributed by atoms with E-state index in [0.29, 0.717) is 18.5 Å². The number of nitrogens with zero attached hydrogens (tertiary/aromatic N) is 1. The van der Waals surface area contributed by atoms with Gasteiger partial charge in [0.1, 0.15) is 0 Å². The number of nitrogens with one attached hydrogen (secondary N) is 1. The SMILES string of the molecule is CC(=O)N1CCc2[nH]c(=O)c3ccccc3c2C1. The lowest BCUT2D eigenvalue weighted by Crippen LogP contribution is -2.35. The van der Waals surface area contributed by atoms with Gasteiger partial charge < -0.3 is 9.88 Å². The van der Waals surface area contributed by atoms with Crippen molar-refractivity contribution in [3.63, 3.8) is 0 Å². The second kappa shape index (κ2) is 3.98. The minimum atomic E-state index is -0.0411. The molecule has 92 valence electrons. The predicted molar refractivity (Wildman–Crippen MR) is 69.4 cm³/mol. The number of amides is 1. The van der Waals surface area contributed by atoms with Crippen molar-refractivity contribution in [1.82, 2.24) is 9.88 Å². The molecule has 1 aliphatic rings. The Morgan fingerprint density at radius 1 is 1.28 bits per heavy atom. The second-order valence-corrected chi connectivity index (χ2v) is 4.65. The van der Waals surface area contributed by atoms with E-state index in [2.05, 4.69) is 4.98 Å². The fraction of sp³-hybridized carbons (Fsp3) is 0.286. The van der Waals surface area contributed by atoms with E-state index in [0.717, 1.165) is 23.1 Å². The standard InChI is InChI=1S/C14H14N2O2/c1-9(17)16-7-6-13-12(8-16)10-4-2-3-5-11(10)14(18)15-13/h2-5H,6-8H2,1H3,(H,15,18). The first-order chi connectivity index (χ1) is 8.66. The number of pyridine rings is 1. The average Bonchev–Trinajstić information content (AvgIpc) is 2.38. The van der Waals surface area contributed by atoms with Crippen LogP contribution in [-0.4, -0.2) is 22.3 Å². The van der Waals surface area contributed by atoms with Crippen molar-refractivity contribution in [1.29, 1.82) is 0 Å². The van der Waals surface area contributed by atoms with E-state index in [1.807, 2.05) is 29.2 Å². The average molecular weight is 242 g/mol. The third-order valence-electron chi connectivity index (χ3n) is 3.55. The molecule has 1 N–H and O–H groups in total. The number of H-pyrrole nitrogens is 1. The van der Waals surface area contributed by atoms with Gasteiger partial charge in [-0.2, -0.15) is 0 Å². The monoisotopic (exact) mass is 242 g/mol. The van der Waals surface area contributed by atoms with Crippen LogP contribution < -0.4 is 5.56 Å². The molecule has 4 nitrogen and oxygen atoms in total. The van der Waals surface area contributed by atoms with Gasteiger partial charge in [0.05, 0.1) is 0 Å². The summed E-state index contributed by atoms with van der Waals surface area (Å²) in [5.41, 5.74) is 2.00. The van der Waals surface area contributed by atoms with Crippen LogP contribution in [0.5, 0.6) is 0 Å². The summed E-state index contributed by atoms with van der Waals surface area (Å²) in [7, 11) is 0. The highest BCUT2D eigenvalue weighted by Crippen LogP contribution is 2.23. The molecular weight excluding hydrogens is 228 g/mol. The van der Waals surface area contributed by atoms with Gasteiger partial charge >= 0.3 is 0 Å². The van der Waals surface area contributed by atoms with E-state index in [-0.39, 0.29) is 11.5 Å². The summed E-state index contributed by atoms with van der Waals surface area (Å²) in [4.78, 5) is 28.1. The molecular formula is C14H14N2O2. The lowest BCUT2D eigenvalue weighted by Gasteiger charge is -2.28. The molecule has 0 saturated heterocycles. The molecule has 0 fully saturated rings. The van der Waals surface area contributed by atoms with E-state index in [1.54, 1.807) is 6.92 Å². The molecule has 0 aliphatic carbocycles. The number of carbonyl (C=O) groups excluding carboxylic acids is 1. The number of rotatable bonds is 0. The Balaban J connectivity index is 2.24. The Bertz CT molecular complexity index is 688. The largest absolute Gasteiger partial charge is 0.338 e. The number of hydrogen-bond acceptors (Lipinski definition) is 2. The molecule has 2 heterocycles. The Kier molecular flexibility index (Phi) is 2.44. The molecule has 3 rings (SSSR count). The normalized spacial score (nSPS) is 14.6. The lowest BCUT2D eigenvalue weighted by molar-refractivity contribution is -0.129. The summed E-state index contributed by atoms with van der Waals surface area (Å²) in [5.74, 6) is 0.0796.